The second kappa shape index (κ2) is 6.00. The van der Waals surface area contributed by atoms with Gasteiger partial charge in [-0.3, -0.25) is 4.79 Å². The third-order valence-corrected chi connectivity index (χ3v) is 2.13. The van der Waals surface area contributed by atoms with Crippen molar-refractivity contribution in [1.29, 1.82) is 5.26 Å². The molecule has 4 nitrogen and oxygen atoms in total. The van der Waals surface area contributed by atoms with Crippen LogP contribution in [0.25, 0.3) is 0 Å². The van der Waals surface area contributed by atoms with Crippen LogP contribution in [0.2, 0.25) is 0 Å². The van der Waals surface area contributed by atoms with Gasteiger partial charge in [-0.15, -0.1) is 0 Å². The zero-order chi connectivity index (χ0) is 13.7. The largest absolute Gasteiger partial charge is 0.466 e. The van der Waals surface area contributed by atoms with Crippen LogP contribution >= 0.6 is 0 Å². The highest BCUT2D eigenvalue weighted by atomic mass is 19.3. The molecular weight excluding hydrogens is 249 g/mol. The maximum Gasteiger partial charge on any atom is 0.310 e. The maximum absolute atomic E-state index is 13.2. The van der Waals surface area contributed by atoms with Gasteiger partial charge in [-0.05, 0) is 6.92 Å². The van der Waals surface area contributed by atoms with Gasteiger partial charge in [0.2, 0.25) is 0 Å². The summed E-state index contributed by atoms with van der Waals surface area (Å²) < 4.78 is 43.2. The maximum atomic E-state index is 13.2. The molecule has 0 N–H and O–H groups in total. The average Bonchev–Trinajstić information content (AvgIpc) is 2.29. The topological polar surface area (TPSA) is 63.0 Å². The minimum atomic E-state index is -3.13. The van der Waals surface area contributed by atoms with Gasteiger partial charge in [0.05, 0.1) is 24.8 Å². The molecule has 96 valence electrons. The lowest BCUT2D eigenvalue weighted by Crippen LogP contribution is -2.13. The Balaban J connectivity index is 3.25. The van der Waals surface area contributed by atoms with E-state index in [1.165, 1.54) is 0 Å². The second-order valence-electron chi connectivity index (χ2n) is 3.24. The number of alkyl halides is 2. The van der Waals surface area contributed by atoms with Crippen LogP contribution in [0.15, 0.2) is 6.20 Å². The van der Waals surface area contributed by atoms with Gasteiger partial charge in [-0.2, -0.15) is 5.26 Å². The molecule has 0 fully saturated rings. The highest BCUT2D eigenvalue weighted by Gasteiger charge is 2.24. The lowest BCUT2D eigenvalue weighted by molar-refractivity contribution is -0.142. The number of aromatic nitrogens is 1. The van der Waals surface area contributed by atoms with E-state index in [1.807, 2.05) is 0 Å². The highest BCUT2D eigenvalue weighted by Crippen LogP contribution is 2.27. The molecule has 0 bridgehead atoms. The Bertz CT molecular complexity index is 498. The lowest BCUT2D eigenvalue weighted by Gasteiger charge is -2.10. The van der Waals surface area contributed by atoms with E-state index in [1.54, 1.807) is 13.0 Å². The predicted octanol–water partition coefficient (Wildman–Crippen LogP) is 2.14. The van der Waals surface area contributed by atoms with Gasteiger partial charge >= 0.3 is 5.97 Å². The number of carbonyl (C=O) groups is 1. The van der Waals surface area contributed by atoms with Crippen LogP contribution < -0.4 is 0 Å². The second-order valence-corrected chi connectivity index (χ2v) is 3.24. The van der Waals surface area contributed by atoms with Gasteiger partial charge in [-0.25, -0.2) is 18.2 Å². The standard InChI is InChI=1S/C11H9F3N2O2/c1-2-18-9(17)3-6-8(4-15)16-5-7(12)10(6)11(13)14/h5,11H,2-3H2,1H3. The Hall–Kier alpha value is -2.10. The van der Waals surface area contributed by atoms with E-state index in [2.05, 4.69) is 9.72 Å². The van der Waals surface area contributed by atoms with E-state index in [-0.39, 0.29) is 6.61 Å². The number of esters is 1. The summed E-state index contributed by atoms with van der Waals surface area (Å²) >= 11 is 0. The Morgan fingerprint density at radius 2 is 2.28 bits per heavy atom. The molecule has 1 aromatic rings. The molecule has 0 aromatic carbocycles. The number of nitrogens with zero attached hydrogens (tertiary/aromatic N) is 2. The molecule has 0 atom stereocenters. The number of hydrogen-bond acceptors (Lipinski definition) is 4. The number of nitriles is 1. The fraction of sp³-hybridized carbons (Fsp3) is 0.364. The molecule has 7 heteroatoms. The summed E-state index contributed by atoms with van der Waals surface area (Å²) in [5.41, 5.74) is -1.81. The fourth-order valence-electron chi connectivity index (χ4n) is 1.41. The van der Waals surface area contributed by atoms with E-state index in [0.29, 0.717) is 6.20 Å². The van der Waals surface area contributed by atoms with E-state index in [4.69, 9.17) is 5.26 Å². The van der Waals surface area contributed by atoms with Crippen LogP contribution in [-0.2, 0) is 16.0 Å². The Kier molecular flexibility index (Phi) is 4.66. The minimum Gasteiger partial charge on any atom is -0.466 e. The number of hydrogen-bond donors (Lipinski definition) is 0. The summed E-state index contributed by atoms with van der Waals surface area (Å²) in [6.07, 6.45) is -3.21. The molecule has 0 saturated heterocycles. The summed E-state index contributed by atoms with van der Waals surface area (Å²) in [7, 11) is 0. The lowest BCUT2D eigenvalue weighted by atomic mass is 10.0. The molecular formula is C11H9F3N2O2. The fourth-order valence-corrected chi connectivity index (χ4v) is 1.41. The van der Waals surface area contributed by atoms with Gasteiger partial charge in [0.1, 0.15) is 11.8 Å². The molecule has 0 aliphatic carbocycles. The zero-order valence-corrected chi connectivity index (χ0v) is 9.41. The van der Waals surface area contributed by atoms with Crippen LogP contribution in [0.4, 0.5) is 13.2 Å². The first-order chi connectivity index (χ1) is 8.51. The monoisotopic (exact) mass is 258 g/mol. The molecule has 0 radical (unpaired) electrons. The van der Waals surface area contributed by atoms with Gasteiger partial charge in [0, 0.05) is 5.56 Å². The number of ether oxygens (including phenoxy) is 1. The number of carbonyl (C=O) groups excluding carboxylic acids is 1. The van der Waals surface area contributed by atoms with Gasteiger partial charge in [0.15, 0.2) is 5.82 Å². The summed E-state index contributed by atoms with van der Waals surface area (Å²) in [6.45, 7) is 1.61. The average molecular weight is 258 g/mol. The Labute approximate surface area is 101 Å². The van der Waals surface area contributed by atoms with Crippen molar-refractivity contribution in [2.75, 3.05) is 6.61 Å². The number of pyridine rings is 1. The summed E-state index contributed by atoms with van der Waals surface area (Å²) in [5, 5.41) is 8.73. The van der Waals surface area contributed by atoms with Crippen LogP contribution in [0.3, 0.4) is 0 Å². The van der Waals surface area contributed by atoms with Crippen molar-refractivity contribution in [2.45, 2.75) is 19.8 Å². The predicted molar refractivity (Wildman–Crippen MR) is 54.2 cm³/mol. The van der Waals surface area contributed by atoms with E-state index in [9.17, 15) is 18.0 Å². The van der Waals surface area contributed by atoms with Crippen LogP contribution in [0.1, 0.15) is 30.2 Å². The van der Waals surface area contributed by atoms with Crippen molar-refractivity contribution in [3.05, 3.63) is 28.8 Å². The van der Waals surface area contributed by atoms with E-state index >= 15 is 0 Å². The first-order valence-corrected chi connectivity index (χ1v) is 5.02. The molecule has 0 amide bonds. The summed E-state index contributed by atoms with van der Waals surface area (Å²) in [5.74, 6) is -2.06. The van der Waals surface area contributed by atoms with Crippen molar-refractivity contribution in [3.8, 4) is 6.07 Å². The quantitative estimate of drug-likeness (QED) is 0.776. The van der Waals surface area contributed by atoms with Gasteiger partial charge in [0.25, 0.3) is 6.43 Å². The molecule has 1 rings (SSSR count). The third-order valence-electron chi connectivity index (χ3n) is 2.13. The minimum absolute atomic E-state index is 0.0630. The molecule has 0 aliphatic heterocycles. The third kappa shape index (κ3) is 2.97. The van der Waals surface area contributed by atoms with E-state index < -0.39 is 41.5 Å². The molecule has 18 heavy (non-hydrogen) atoms. The van der Waals surface area contributed by atoms with E-state index in [0.717, 1.165) is 0 Å². The van der Waals surface area contributed by atoms with Crippen molar-refractivity contribution in [3.63, 3.8) is 0 Å². The van der Waals surface area contributed by atoms with Gasteiger partial charge < -0.3 is 4.74 Å². The smallest absolute Gasteiger partial charge is 0.310 e. The molecule has 0 unspecified atom stereocenters. The van der Waals surface area contributed by atoms with Crippen LogP contribution in [0.5, 0.6) is 0 Å². The van der Waals surface area contributed by atoms with Crippen molar-refractivity contribution >= 4 is 5.97 Å². The molecule has 0 spiro atoms. The van der Waals surface area contributed by atoms with Crippen molar-refractivity contribution < 1.29 is 22.7 Å². The van der Waals surface area contributed by atoms with Crippen LogP contribution in [0, 0.1) is 17.1 Å². The molecule has 0 saturated carbocycles. The molecule has 1 heterocycles. The van der Waals surface area contributed by atoms with Crippen molar-refractivity contribution in [1.82, 2.24) is 4.98 Å². The Morgan fingerprint density at radius 3 is 2.78 bits per heavy atom. The highest BCUT2D eigenvalue weighted by molar-refractivity contribution is 5.74. The summed E-state index contributed by atoms with van der Waals surface area (Å²) in [6, 6.07) is 1.55. The van der Waals surface area contributed by atoms with Crippen LogP contribution in [-0.4, -0.2) is 17.6 Å². The number of halogens is 3. The first-order valence-electron chi connectivity index (χ1n) is 5.02. The molecule has 1 aromatic heterocycles. The van der Waals surface area contributed by atoms with Crippen molar-refractivity contribution in [2.24, 2.45) is 0 Å². The normalized spacial score (nSPS) is 10.2. The summed E-state index contributed by atoms with van der Waals surface area (Å²) in [4.78, 5) is 14.6. The SMILES string of the molecule is CCOC(=O)Cc1c(C#N)ncc(F)c1C(F)F. The zero-order valence-electron chi connectivity index (χ0n) is 9.41. The number of rotatable bonds is 4. The first kappa shape index (κ1) is 14.0. The Morgan fingerprint density at radius 1 is 1.61 bits per heavy atom. The molecule has 0 aliphatic rings. The van der Waals surface area contributed by atoms with Gasteiger partial charge in [-0.1, -0.05) is 0 Å².